The molecule has 1 unspecified atom stereocenters. The molecule has 2 heteroatoms. The second-order valence-electron chi connectivity index (χ2n) is 3.32. The molecule has 0 saturated heterocycles. The highest BCUT2D eigenvalue weighted by molar-refractivity contribution is 5.09. The zero-order valence-electron chi connectivity index (χ0n) is 7.55. The van der Waals surface area contributed by atoms with Crippen LogP contribution in [0.5, 0.6) is 0 Å². The van der Waals surface area contributed by atoms with Crippen molar-refractivity contribution in [1.82, 2.24) is 5.43 Å². The third-order valence-corrected chi connectivity index (χ3v) is 2.37. The molecule has 0 bridgehead atoms. The van der Waals surface area contributed by atoms with Gasteiger partial charge in [-0.05, 0) is 32.1 Å². The fourth-order valence-electron chi connectivity index (χ4n) is 1.58. The Morgan fingerprint density at radius 1 is 1.67 bits per heavy atom. The van der Waals surface area contributed by atoms with Crippen LogP contribution in [-0.4, -0.2) is 6.04 Å². The van der Waals surface area contributed by atoms with E-state index in [-0.39, 0.29) is 6.04 Å². The first kappa shape index (κ1) is 9.49. The molecule has 0 heterocycles. The zero-order chi connectivity index (χ0) is 8.81. The van der Waals surface area contributed by atoms with Crippen molar-refractivity contribution in [2.45, 2.75) is 38.1 Å². The summed E-state index contributed by atoms with van der Waals surface area (Å²) in [5, 5.41) is 0. The molecule has 0 aliphatic heterocycles. The molecule has 0 aromatic heterocycles. The summed E-state index contributed by atoms with van der Waals surface area (Å²) < 4.78 is 0. The lowest BCUT2D eigenvalue weighted by Gasteiger charge is -2.16. The number of nitrogens with one attached hydrogen (secondary N) is 1. The summed E-state index contributed by atoms with van der Waals surface area (Å²) in [6, 6.07) is 0.245. The topological polar surface area (TPSA) is 38.0 Å². The maximum absolute atomic E-state index is 5.35. The highest BCUT2D eigenvalue weighted by Gasteiger charge is 2.07. The summed E-state index contributed by atoms with van der Waals surface area (Å²) in [5.74, 6) is 5.35. The first-order valence-corrected chi connectivity index (χ1v) is 4.63. The van der Waals surface area contributed by atoms with E-state index in [1.807, 2.05) is 6.08 Å². The standard InChI is InChI=1S/C10H18N2/c1-2-10(12-11)8-9-6-4-3-5-7-9/h2,6,10,12H,1,3-5,7-8,11H2. The molecule has 0 spiro atoms. The van der Waals surface area contributed by atoms with Crippen molar-refractivity contribution < 1.29 is 0 Å². The average molecular weight is 166 g/mol. The Bertz CT molecular complexity index is 173. The van der Waals surface area contributed by atoms with Crippen LogP contribution in [0.3, 0.4) is 0 Å². The maximum Gasteiger partial charge on any atom is 0.0425 e. The molecule has 1 atom stereocenters. The normalized spacial score (nSPS) is 19.9. The van der Waals surface area contributed by atoms with Crippen LogP contribution in [0.2, 0.25) is 0 Å². The van der Waals surface area contributed by atoms with E-state index in [1.165, 1.54) is 31.3 Å². The highest BCUT2D eigenvalue weighted by Crippen LogP contribution is 2.21. The molecule has 1 aliphatic carbocycles. The van der Waals surface area contributed by atoms with E-state index in [9.17, 15) is 0 Å². The molecule has 0 amide bonds. The van der Waals surface area contributed by atoms with Crippen LogP contribution >= 0.6 is 0 Å². The Morgan fingerprint density at radius 2 is 2.50 bits per heavy atom. The molecule has 0 aromatic carbocycles. The van der Waals surface area contributed by atoms with Gasteiger partial charge >= 0.3 is 0 Å². The van der Waals surface area contributed by atoms with Gasteiger partial charge in [0.05, 0.1) is 0 Å². The van der Waals surface area contributed by atoms with Gasteiger partial charge in [-0.3, -0.25) is 11.3 Å². The number of hydrogen-bond acceptors (Lipinski definition) is 2. The predicted octanol–water partition coefficient (Wildman–Crippen LogP) is 1.89. The molecule has 68 valence electrons. The van der Waals surface area contributed by atoms with Gasteiger partial charge < -0.3 is 0 Å². The molecule has 1 aliphatic rings. The highest BCUT2D eigenvalue weighted by atomic mass is 15.2. The molecule has 0 fully saturated rings. The number of hydrazine groups is 1. The zero-order valence-corrected chi connectivity index (χ0v) is 7.55. The van der Waals surface area contributed by atoms with Gasteiger partial charge in [-0.2, -0.15) is 0 Å². The lowest BCUT2D eigenvalue weighted by atomic mass is 9.94. The summed E-state index contributed by atoms with van der Waals surface area (Å²) in [4.78, 5) is 0. The molecule has 0 radical (unpaired) electrons. The van der Waals surface area contributed by atoms with Gasteiger partial charge in [0.15, 0.2) is 0 Å². The largest absolute Gasteiger partial charge is 0.271 e. The van der Waals surface area contributed by atoms with Crippen molar-refractivity contribution in [2.75, 3.05) is 0 Å². The van der Waals surface area contributed by atoms with Gasteiger partial charge in [0, 0.05) is 6.04 Å². The molecular formula is C10H18N2. The predicted molar refractivity (Wildman–Crippen MR) is 52.5 cm³/mol. The first-order valence-electron chi connectivity index (χ1n) is 4.63. The lowest BCUT2D eigenvalue weighted by Crippen LogP contribution is -2.33. The molecular weight excluding hydrogens is 148 g/mol. The Morgan fingerprint density at radius 3 is 3.00 bits per heavy atom. The third-order valence-electron chi connectivity index (χ3n) is 2.37. The molecule has 1 rings (SSSR count). The number of allylic oxidation sites excluding steroid dienone is 1. The van der Waals surface area contributed by atoms with Crippen LogP contribution in [0.4, 0.5) is 0 Å². The van der Waals surface area contributed by atoms with E-state index < -0.39 is 0 Å². The van der Waals surface area contributed by atoms with E-state index in [0.717, 1.165) is 6.42 Å². The molecule has 12 heavy (non-hydrogen) atoms. The van der Waals surface area contributed by atoms with Crippen molar-refractivity contribution in [3.63, 3.8) is 0 Å². The molecule has 2 nitrogen and oxygen atoms in total. The average Bonchev–Trinajstić information content (AvgIpc) is 2.16. The number of rotatable bonds is 4. The first-order chi connectivity index (χ1) is 5.86. The Kier molecular flexibility index (Phi) is 4.05. The van der Waals surface area contributed by atoms with Gasteiger partial charge in [-0.15, -0.1) is 6.58 Å². The van der Waals surface area contributed by atoms with E-state index in [4.69, 9.17) is 5.84 Å². The van der Waals surface area contributed by atoms with Crippen molar-refractivity contribution in [3.05, 3.63) is 24.3 Å². The summed E-state index contributed by atoms with van der Waals surface area (Å²) in [6.45, 7) is 3.73. The summed E-state index contributed by atoms with van der Waals surface area (Å²) in [7, 11) is 0. The molecule has 0 aromatic rings. The van der Waals surface area contributed by atoms with Crippen LogP contribution in [0, 0.1) is 0 Å². The van der Waals surface area contributed by atoms with Gasteiger partial charge in [-0.1, -0.05) is 17.7 Å². The van der Waals surface area contributed by atoms with Gasteiger partial charge in [0.25, 0.3) is 0 Å². The number of nitrogens with two attached hydrogens (primary N) is 1. The van der Waals surface area contributed by atoms with Gasteiger partial charge in [0.2, 0.25) is 0 Å². The fraction of sp³-hybridized carbons (Fsp3) is 0.600. The van der Waals surface area contributed by atoms with E-state index in [0.29, 0.717) is 0 Å². The fourth-order valence-corrected chi connectivity index (χ4v) is 1.58. The summed E-state index contributed by atoms with van der Waals surface area (Å²) in [6.07, 6.45) is 10.4. The minimum atomic E-state index is 0.245. The van der Waals surface area contributed by atoms with Crippen molar-refractivity contribution >= 4 is 0 Å². The van der Waals surface area contributed by atoms with Crippen molar-refractivity contribution in [3.8, 4) is 0 Å². The minimum Gasteiger partial charge on any atom is -0.271 e. The van der Waals surface area contributed by atoms with Crippen LogP contribution in [0.1, 0.15) is 32.1 Å². The minimum absolute atomic E-state index is 0.245. The third kappa shape index (κ3) is 2.80. The van der Waals surface area contributed by atoms with E-state index in [2.05, 4.69) is 18.1 Å². The van der Waals surface area contributed by atoms with E-state index in [1.54, 1.807) is 0 Å². The maximum atomic E-state index is 5.35. The van der Waals surface area contributed by atoms with Crippen LogP contribution in [0.15, 0.2) is 24.3 Å². The quantitative estimate of drug-likeness (QED) is 0.380. The molecule has 3 N–H and O–H groups in total. The second-order valence-corrected chi connectivity index (χ2v) is 3.32. The monoisotopic (exact) mass is 166 g/mol. The Hall–Kier alpha value is -0.600. The van der Waals surface area contributed by atoms with E-state index >= 15 is 0 Å². The van der Waals surface area contributed by atoms with Gasteiger partial charge in [0.1, 0.15) is 0 Å². The number of hydrogen-bond donors (Lipinski definition) is 2. The summed E-state index contributed by atoms with van der Waals surface area (Å²) >= 11 is 0. The Balaban J connectivity index is 2.37. The lowest BCUT2D eigenvalue weighted by molar-refractivity contribution is 0.582. The van der Waals surface area contributed by atoms with Crippen LogP contribution in [-0.2, 0) is 0 Å². The SMILES string of the molecule is C=CC(CC1=CCCCC1)NN. The van der Waals surface area contributed by atoms with Crippen molar-refractivity contribution in [2.24, 2.45) is 5.84 Å². The van der Waals surface area contributed by atoms with Gasteiger partial charge in [-0.25, -0.2) is 0 Å². The van der Waals surface area contributed by atoms with Crippen molar-refractivity contribution in [1.29, 1.82) is 0 Å². The second kappa shape index (κ2) is 5.12. The Labute approximate surface area is 74.5 Å². The smallest absolute Gasteiger partial charge is 0.0425 e. The summed E-state index contributed by atoms with van der Waals surface area (Å²) in [5.41, 5.74) is 4.27. The molecule has 0 saturated carbocycles. The van der Waals surface area contributed by atoms with Crippen LogP contribution < -0.4 is 11.3 Å². The van der Waals surface area contributed by atoms with Crippen LogP contribution in [0.25, 0.3) is 0 Å².